The fourth-order valence-corrected chi connectivity index (χ4v) is 4.84. The lowest BCUT2D eigenvalue weighted by atomic mass is 9.81. The first-order chi connectivity index (χ1) is 14.5. The first kappa shape index (κ1) is 19.5. The van der Waals surface area contributed by atoms with Gasteiger partial charge in [0.1, 0.15) is 17.2 Å². The largest absolute Gasteiger partial charge is 0.486 e. The van der Waals surface area contributed by atoms with Gasteiger partial charge in [-0.1, -0.05) is 48.5 Å². The monoisotopic (exact) mass is 407 g/mol. The van der Waals surface area contributed by atoms with Crippen molar-refractivity contribution in [3.05, 3.63) is 77.6 Å². The number of piperidine rings is 1. The number of aliphatic hydroxyl groups excluding tert-OH is 2. The minimum atomic E-state index is -0.651. The Morgan fingerprint density at radius 2 is 1.77 bits per heavy atom. The molecule has 0 saturated carbocycles. The summed E-state index contributed by atoms with van der Waals surface area (Å²) in [6.45, 7) is 2.07. The number of nitrogens with zero attached hydrogens (tertiary/aromatic N) is 1. The second-order valence-electron chi connectivity index (χ2n) is 8.58. The van der Waals surface area contributed by atoms with Crippen molar-refractivity contribution in [3.63, 3.8) is 0 Å². The maximum absolute atomic E-state index is 13.1. The van der Waals surface area contributed by atoms with E-state index in [9.17, 15) is 14.6 Å². The molecule has 0 amide bonds. The number of aliphatic hydroxyl groups is 2. The highest BCUT2D eigenvalue weighted by atomic mass is 19.1. The van der Waals surface area contributed by atoms with Crippen molar-refractivity contribution in [2.45, 2.75) is 37.1 Å². The van der Waals surface area contributed by atoms with Gasteiger partial charge in [0.2, 0.25) is 0 Å². The van der Waals surface area contributed by atoms with Crippen molar-refractivity contribution >= 4 is 10.8 Å². The SMILES string of the molecule is O[C@H](CN1CCC2(CC1)C[C@H](O)c1ccc3ccccc3c1O2)c1ccc(F)cc1. The molecule has 30 heavy (non-hydrogen) atoms. The van der Waals surface area contributed by atoms with Crippen LogP contribution in [0.25, 0.3) is 10.8 Å². The van der Waals surface area contributed by atoms with Crippen LogP contribution in [-0.2, 0) is 0 Å². The van der Waals surface area contributed by atoms with Crippen LogP contribution in [0, 0.1) is 5.82 Å². The topological polar surface area (TPSA) is 52.9 Å². The summed E-state index contributed by atoms with van der Waals surface area (Å²) >= 11 is 0. The Morgan fingerprint density at radius 3 is 2.53 bits per heavy atom. The van der Waals surface area contributed by atoms with Crippen LogP contribution in [-0.4, -0.2) is 40.3 Å². The van der Waals surface area contributed by atoms with Crippen molar-refractivity contribution in [3.8, 4) is 5.75 Å². The van der Waals surface area contributed by atoms with Gasteiger partial charge < -0.3 is 19.8 Å². The van der Waals surface area contributed by atoms with E-state index >= 15 is 0 Å². The summed E-state index contributed by atoms with van der Waals surface area (Å²) in [5.41, 5.74) is 1.21. The minimum Gasteiger partial charge on any atom is -0.486 e. The summed E-state index contributed by atoms with van der Waals surface area (Å²) in [7, 11) is 0. The molecule has 2 heterocycles. The highest BCUT2D eigenvalue weighted by Crippen LogP contribution is 2.47. The maximum Gasteiger partial charge on any atom is 0.133 e. The van der Waals surface area contributed by atoms with Gasteiger partial charge in [-0.2, -0.15) is 0 Å². The standard InChI is InChI=1S/C25H26FNO3/c26-19-8-5-18(6-9-19)23(29)16-27-13-11-25(12-14-27)15-22(28)21-10-7-17-3-1-2-4-20(17)24(21)30-25/h1-10,22-23,28-29H,11-16H2/t22-,23+/m0/s1. The molecule has 1 saturated heterocycles. The fraction of sp³-hybridized carbons (Fsp3) is 0.360. The number of hydrogen-bond donors (Lipinski definition) is 2. The quantitative estimate of drug-likeness (QED) is 0.677. The summed E-state index contributed by atoms with van der Waals surface area (Å²) in [6, 6.07) is 18.2. The van der Waals surface area contributed by atoms with Gasteiger partial charge >= 0.3 is 0 Å². The summed E-state index contributed by atoms with van der Waals surface area (Å²) in [5.74, 6) is 0.512. The van der Waals surface area contributed by atoms with E-state index < -0.39 is 12.2 Å². The van der Waals surface area contributed by atoms with Gasteiger partial charge in [-0.3, -0.25) is 0 Å². The number of β-amino-alcohol motifs (C(OH)–C–C–N with tert-alkyl or cyclic N) is 1. The third kappa shape index (κ3) is 3.58. The van der Waals surface area contributed by atoms with Crippen LogP contribution in [0.4, 0.5) is 4.39 Å². The lowest BCUT2D eigenvalue weighted by Gasteiger charge is -2.46. The van der Waals surface area contributed by atoms with Crippen LogP contribution in [0.5, 0.6) is 5.75 Å². The molecule has 0 radical (unpaired) electrons. The molecule has 2 aliphatic heterocycles. The van der Waals surface area contributed by atoms with Crippen molar-refractivity contribution in [1.82, 2.24) is 4.90 Å². The lowest BCUT2D eigenvalue weighted by Crippen LogP contribution is -2.51. The zero-order valence-electron chi connectivity index (χ0n) is 16.8. The molecular weight excluding hydrogens is 381 g/mol. The maximum atomic E-state index is 13.1. The molecule has 5 rings (SSSR count). The number of fused-ring (bicyclic) bond motifs is 3. The molecule has 0 aliphatic carbocycles. The van der Waals surface area contributed by atoms with Gasteiger partial charge in [-0.05, 0) is 35.9 Å². The van der Waals surface area contributed by atoms with Crippen molar-refractivity contribution in [2.24, 2.45) is 0 Å². The van der Waals surface area contributed by atoms with Crippen molar-refractivity contribution in [1.29, 1.82) is 0 Å². The van der Waals surface area contributed by atoms with Crippen LogP contribution in [0.1, 0.15) is 42.6 Å². The highest BCUT2D eigenvalue weighted by Gasteiger charge is 2.43. The van der Waals surface area contributed by atoms with E-state index in [-0.39, 0.29) is 11.4 Å². The third-order valence-corrected chi connectivity index (χ3v) is 6.61. The highest BCUT2D eigenvalue weighted by molar-refractivity contribution is 5.90. The van der Waals surface area contributed by atoms with Gasteiger partial charge in [0.25, 0.3) is 0 Å². The summed E-state index contributed by atoms with van der Waals surface area (Å²) in [6.07, 6.45) is 0.996. The van der Waals surface area contributed by atoms with Crippen LogP contribution in [0.2, 0.25) is 0 Å². The minimum absolute atomic E-state index is 0.299. The number of rotatable bonds is 3. The molecule has 5 heteroatoms. The average molecular weight is 407 g/mol. The van der Waals surface area contributed by atoms with Gasteiger partial charge in [-0.25, -0.2) is 4.39 Å². The van der Waals surface area contributed by atoms with Gasteiger partial charge in [-0.15, -0.1) is 0 Å². The fourth-order valence-electron chi connectivity index (χ4n) is 4.84. The summed E-state index contributed by atoms with van der Waals surface area (Å²) < 4.78 is 19.7. The van der Waals surface area contributed by atoms with E-state index in [0.717, 1.165) is 53.6 Å². The Labute approximate surface area is 175 Å². The Hall–Kier alpha value is -2.47. The molecule has 2 atom stereocenters. The Morgan fingerprint density at radius 1 is 1.03 bits per heavy atom. The van der Waals surface area contributed by atoms with E-state index in [0.29, 0.717) is 13.0 Å². The normalized spacial score (nSPS) is 21.9. The van der Waals surface area contributed by atoms with E-state index in [1.165, 1.54) is 12.1 Å². The van der Waals surface area contributed by atoms with E-state index in [1.807, 2.05) is 30.3 Å². The molecule has 1 spiro atoms. The Balaban J connectivity index is 1.30. The number of benzene rings is 3. The number of ether oxygens (including phenoxy) is 1. The zero-order valence-corrected chi connectivity index (χ0v) is 16.8. The summed E-state index contributed by atoms with van der Waals surface area (Å²) in [5, 5.41) is 23.5. The van der Waals surface area contributed by atoms with E-state index in [1.54, 1.807) is 12.1 Å². The van der Waals surface area contributed by atoms with E-state index in [2.05, 4.69) is 11.0 Å². The third-order valence-electron chi connectivity index (χ3n) is 6.61. The predicted octanol–water partition coefficient (Wildman–Crippen LogP) is 4.36. The molecule has 4 nitrogen and oxygen atoms in total. The van der Waals surface area contributed by atoms with Crippen LogP contribution < -0.4 is 4.74 Å². The smallest absolute Gasteiger partial charge is 0.133 e. The van der Waals surface area contributed by atoms with Gasteiger partial charge in [0, 0.05) is 37.0 Å². The van der Waals surface area contributed by atoms with Gasteiger partial charge in [0.15, 0.2) is 0 Å². The van der Waals surface area contributed by atoms with Crippen LogP contribution in [0.15, 0.2) is 60.7 Å². The molecule has 1 fully saturated rings. The second-order valence-corrected chi connectivity index (χ2v) is 8.58. The van der Waals surface area contributed by atoms with Crippen molar-refractivity contribution in [2.75, 3.05) is 19.6 Å². The Bertz CT molecular complexity index is 1040. The number of hydrogen-bond acceptors (Lipinski definition) is 4. The van der Waals surface area contributed by atoms with Gasteiger partial charge in [0.05, 0.1) is 12.2 Å². The van der Waals surface area contributed by atoms with Crippen molar-refractivity contribution < 1.29 is 19.3 Å². The number of likely N-dealkylation sites (tertiary alicyclic amines) is 1. The number of halogens is 1. The van der Waals surface area contributed by atoms with Crippen LogP contribution >= 0.6 is 0 Å². The molecule has 2 N–H and O–H groups in total. The average Bonchev–Trinajstić information content (AvgIpc) is 2.76. The molecule has 2 aliphatic rings. The summed E-state index contributed by atoms with van der Waals surface area (Å²) in [4.78, 5) is 2.22. The first-order valence-electron chi connectivity index (χ1n) is 10.6. The first-order valence-corrected chi connectivity index (χ1v) is 10.6. The Kier molecular flexibility index (Phi) is 4.97. The lowest BCUT2D eigenvalue weighted by molar-refractivity contribution is -0.0577. The molecule has 0 aromatic heterocycles. The molecule has 3 aromatic carbocycles. The van der Waals surface area contributed by atoms with E-state index in [4.69, 9.17) is 4.74 Å². The zero-order chi connectivity index (χ0) is 20.7. The predicted molar refractivity (Wildman–Crippen MR) is 114 cm³/mol. The molecular formula is C25H26FNO3. The molecule has 0 unspecified atom stereocenters. The van der Waals surface area contributed by atoms with Crippen LogP contribution in [0.3, 0.4) is 0 Å². The second kappa shape index (κ2) is 7.65. The molecule has 0 bridgehead atoms. The molecule has 3 aromatic rings. The molecule has 156 valence electrons.